The van der Waals surface area contributed by atoms with Crippen LogP contribution in [0.2, 0.25) is 0 Å². The molecule has 0 aromatic rings. The second-order valence-electron chi connectivity index (χ2n) is 6.64. The molecule has 1 N–H and O–H groups in total. The van der Waals surface area contributed by atoms with E-state index in [2.05, 4.69) is 4.72 Å². The molecule has 0 bridgehead atoms. The highest BCUT2D eigenvalue weighted by atomic mass is 32.2. The molecule has 0 amide bonds. The molecular weight excluding hydrogens is 226 g/mol. The Hall–Kier alpha value is -0.130. The first-order valence-corrected chi connectivity index (χ1v) is 7.18. The smallest absolute Gasteiger partial charge is 0.215 e. The van der Waals surface area contributed by atoms with Gasteiger partial charge in [0.2, 0.25) is 10.0 Å². The average Bonchev–Trinajstić information content (AvgIpc) is 2.58. The molecule has 0 saturated carbocycles. The molecule has 1 atom stereocenters. The van der Waals surface area contributed by atoms with Crippen molar-refractivity contribution in [3.05, 3.63) is 0 Å². The van der Waals surface area contributed by atoms with Crippen LogP contribution in [-0.2, 0) is 14.8 Å². The second-order valence-corrected chi connectivity index (χ2v) is 8.37. The van der Waals surface area contributed by atoms with Gasteiger partial charge >= 0.3 is 0 Å². The normalized spacial score (nSPS) is 26.9. The maximum Gasteiger partial charge on any atom is 0.215 e. The summed E-state index contributed by atoms with van der Waals surface area (Å²) in [5.74, 6) is 0.0424. The molecule has 0 aliphatic carbocycles. The van der Waals surface area contributed by atoms with E-state index in [9.17, 15) is 8.42 Å². The maximum atomic E-state index is 12.0. The second kappa shape index (κ2) is 3.68. The van der Waals surface area contributed by atoms with Gasteiger partial charge in [-0.25, -0.2) is 13.1 Å². The van der Waals surface area contributed by atoms with E-state index in [0.29, 0.717) is 6.61 Å². The minimum absolute atomic E-state index is 0.0424. The van der Waals surface area contributed by atoms with Crippen molar-refractivity contribution in [2.24, 2.45) is 5.41 Å². The van der Waals surface area contributed by atoms with Gasteiger partial charge < -0.3 is 4.74 Å². The van der Waals surface area contributed by atoms with E-state index in [1.165, 1.54) is 0 Å². The summed E-state index contributed by atoms with van der Waals surface area (Å²) < 4.78 is 32.0. The predicted molar refractivity (Wildman–Crippen MR) is 64.8 cm³/mol. The number of hydrogen-bond acceptors (Lipinski definition) is 3. The molecule has 0 spiro atoms. The van der Waals surface area contributed by atoms with Crippen LogP contribution in [0.25, 0.3) is 0 Å². The van der Waals surface area contributed by atoms with E-state index in [1.54, 1.807) is 0 Å². The van der Waals surface area contributed by atoms with Gasteiger partial charge in [0, 0.05) is 5.54 Å². The number of rotatable bonds is 3. The van der Waals surface area contributed by atoms with Gasteiger partial charge in [-0.05, 0) is 26.2 Å². The summed E-state index contributed by atoms with van der Waals surface area (Å²) in [6.07, 6.45) is 0. The number of epoxide rings is 1. The van der Waals surface area contributed by atoms with Crippen molar-refractivity contribution in [3.8, 4) is 0 Å². The van der Waals surface area contributed by atoms with Crippen molar-refractivity contribution < 1.29 is 13.2 Å². The molecular formula is C11H23NO3S. The van der Waals surface area contributed by atoms with Gasteiger partial charge in [0.15, 0.2) is 0 Å². The molecule has 1 unspecified atom stereocenters. The van der Waals surface area contributed by atoms with Gasteiger partial charge in [0.1, 0.15) is 5.60 Å². The lowest BCUT2D eigenvalue weighted by molar-refractivity contribution is 0.175. The van der Waals surface area contributed by atoms with Gasteiger partial charge in [-0.2, -0.15) is 0 Å². The third-order valence-corrected chi connectivity index (χ3v) is 4.51. The molecule has 0 aromatic carbocycles. The molecule has 1 saturated heterocycles. The van der Waals surface area contributed by atoms with Crippen LogP contribution in [0, 0.1) is 5.41 Å². The SMILES string of the molecule is CC(C)(C)NS(=O)(=O)CC1(C(C)(C)C)CO1. The van der Waals surface area contributed by atoms with Crippen molar-refractivity contribution in [2.75, 3.05) is 12.4 Å². The van der Waals surface area contributed by atoms with Gasteiger partial charge in [0.05, 0.1) is 12.4 Å². The molecule has 0 aromatic heterocycles. The van der Waals surface area contributed by atoms with Crippen LogP contribution in [0.15, 0.2) is 0 Å². The van der Waals surface area contributed by atoms with Crippen molar-refractivity contribution in [3.63, 3.8) is 0 Å². The summed E-state index contributed by atoms with van der Waals surface area (Å²) in [5.41, 5.74) is -1.10. The van der Waals surface area contributed by atoms with Crippen LogP contribution in [0.1, 0.15) is 41.5 Å². The van der Waals surface area contributed by atoms with E-state index in [0.717, 1.165) is 0 Å². The van der Waals surface area contributed by atoms with Gasteiger partial charge in [-0.15, -0.1) is 0 Å². The number of hydrogen-bond donors (Lipinski definition) is 1. The fourth-order valence-corrected chi connectivity index (χ4v) is 3.85. The molecule has 4 nitrogen and oxygen atoms in total. The average molecular weight is 249 g/mol. The predicted octanol–water partition coefficient (Wildman–Crippen LogP) is 1.52. The summed E-state index contributed by atoms with van der Waals surface area (Å²) in [4.78, 5) is 0. The molecule has 96 valence electrons. The van der Waals surface area contributed by atoms with E-state index < -0.39 is 21.2 Å². The van der Waals surface area contributed by atoms with Crippen molar-refractivity contribution in [1.82, 2.24) is 4.72 Å². The Morgan fingerprint density at radius 2 is 1.62 bits per heavy atom. The summed E-state index contributed by atoms with van der Waals surface area (Å²) in [6, 6.07) is 0. The Balaban J connectivity index is 2.76. The molecule has 1 rings (SSSR count). The summed E-state index contributed by atoms with van der Waals surface area (Å²) in [5, 5.41) is 0. The summed E-state index contributed by atoms with van der Waals surface area (Å²) in [6.45, 7) is 12.1. The molecule has 1 heterocycles. The number of ether oxygens (including phenoxy) is 1. The van der Waals surface area contributed by atoms with Crippen LogP contribution in [0.3, 0.4) is 0 Å². The topological polar surface area (TPSA) is 58.7 Å². The van der Waals surface area contributed by atoms with E-state index in [-0.39, 0.29) is 11.2 Å². The van der Waals surface area contributed by atoms with Crippen LogP contribution >= 0.6 is 0 Å². The molecule has 1 aliphatic rings. The van der Waals surface area contributed by atoms with Crippen LogP contribution in [0.5, 0.6) is 0 Å². The zero-order valence-electron chi connectivity index (χ0n) is 11.0. The monoisotopic (exact) mass is 249 g/mol. The minimum atomic E-state index is -3.29. The highest BCUT2D eigenvalue weighted by Gasteiger charge is 2.56. The fraction of sp³-hybridized carbons (Fsp3) is 1.00. The molecule has 0 radical (unpaired) electrons. The van der Waals surface area contributed by atoms with Crippen molar-refractivity contribution in [2.45, 2.75) is 52.7 Å². The van der Waals surface area contributed by atoms with Crippen LogP contribution in [0.4, 0.5) is 0 Å². The Kier molecular flexibility index (Phi) is 3.21. The van der Waals surface area contributed by atoms with E-state index >= 15 is 0 Å². The molecule has 1 aliphatic heterocycles. The fourth-order valence-electron chi connectivity index (χ4n) is 1.63. The minimum Gasteiger partial charge on any atom is -0.368 e. The number of nitrogens with one attached hydrogen (secondary N) is 1. The Morgan fingerprint density at radius 3 is 1.88 bits per heavy atom. The Morgan fingerprint density at radius 1 is 1.19 bits per heavy atom. The lowest BCUT2D eigenvalue weighted by Gasteiger charge is -2.29. The maximum absolute atomic E-state index is 12.0. The first-order valence-electron chi connectivity index (χ1n) is 5.53. The van der Waals surface area contributed by atoms with Crippen molar-refractivity contribution in [1.29, 1.82) is 0 Å². The molecule has 16 heavy (non-hydrogen) atoms. The molecule has 5 heteroatoms. The number of sulfonamides is 1. The van der Waals surface area contributed by atoms with Gasteiger partial charge in [-0.3, -0.25) is 0 Å². The third kappa shape index (κ3) is 3.43. The zero-order chi connectivity index (χ0) is 12.8. The standard InChI is InChI=1S/C11H23NO3S/c1-9(2,3)11(7-15-11)8-16(13,14)12-10(4,5)6/h12H,7-8H2,1-6H3. The Labute approximate surface area is 98.8 Å². The third-order valence-electron chi connectivity index (χ3n) is 2.74. The van der Waals surface area contributed by atoms with Crippen molar-refractivity contribution >= 4 is 10.0 Å². The largest absolute Gasteiger partial charge is 0.368 e. The van der Waals surface area contributed by atoms with E-state index in [4.69, 9.17) is 4.74 Å². The first-order chi connectivity index (χ1) is 6.87. The van der Waals surface area contributed by atoms with Gasteiger partial charge in [-0.1, -0.05) is 20.8 Å². The lowest BCUT2D eigenvalue weighted by atomic mass is 9.82. The lowest BCUT2D eigenvalue weighted by Crippen LogP contribution is -2.47. The molecule has 1 fully saturated rings. The zero-order valence-corrected chi connectivity index (χ0v) is 11.9. The Bertz CT molecular complexity index is 356. The highest BCUT2D eigenvalue weighted by Crippen LogP contribution is 2.44. The highest BCUT2D eigenvalue weighted by molar-refractivity contribution is 7.89. The van der Waals surface area contributed by atoms with Gasteiger partial charge in [0.25, 0.3) is 0 Å². The first kappa shape index (κ1) is 13.9. The summed E-state index contributed by atoms with van der Waals surface area (Å²) >= 11 is 0. The summed E-state index contributed by atoms with van der Waals surface area (Å²) in [7, 11) is -3.29. The van der Waals surface area contributed by atoms with E-state index in [1.807, 2.05) is 41.5 Å². The van der Waals surface area contributed by atoms with Crippen LogP contribution in [-0.4, -0.2) is 31.9 Å². The quantitative estimate of drug-likeness (QED) is 0.771. The van der Waals surface area contributed by atoms with Crippen LogP contribution < -0.4 is 4.72 Å².